The number of Topliss-reactive ketones (excluding diaryl/α,β-unsaturated/α-hetero) is 1. The largest absolute Gasteiger partial charge is 0.507 e. The van der Waals surface area contributed by atoms with Crippen LogP contribution in [-0.4, -0.2) is 45.9 Å². The van der Waals surface area contributed by atoms with Crippen LogP contribution in [-0.2, 0) is 14.3 Å². The first-order chi connectivity index (χ1) is 13.4. The molecule has 0 spiro atoms. The van der Waals surface area contributed by atoms with Gasteiger partial charge in [0.2, 0.25) is 0 Å². The number of likely N-dealkylation sites (tertiary alicyclic amines) is 1. The first-order valence-electron chi connectivity index (χ1n) is 9.27. The zero-order valence-corrected chi connectivity index (χ0v) is 16.3. The molecule has 2 aromatic rings. The maximum Gasteiger partial charge on any atom is 0.295 e. The van der Waals surface area contributed by atoms with Crippen LogP contribution in [0.1, 0.15) is 36.6 Å². The van der Waals surface area contributed by atoms with Crippen molar-refractivity contribution in [1.82, 2.24) is 9.88 Å². The number of aromatic nitrogens is 1. The van der Waals surface area contributed by atoms with Gasteiger partial charge in [-0.15, -0.1) is 0 Å². The molecule has 0 saturated carbocycles. The predicted octanol–water partition coefficient (Wildman–Crippen LogP) is 3.24. The Balaban J connectivity index is 2.06. The third-order valence-electron chi connectivity index (χ3n) is 4.65. The van der Waals surface area contributed by atoms with Gasteiger partial charge in [0.1, 0.15) is 5.76 Å². The van der Waals surface area contributed by atoms with Crippen molar-refractivity contribution in [2.24, 2.45) is 0 Å². The highest BCUT2D eigenvalue weighted by atomic mass is 16.5. The van der Waals surface area contributed by atoms with Crippen LogP contribution in [0, 0.1) is 6.92 Å². The summed E-state index contributed by atoms with van der Waals surface area (Å²) in [5.74, 6) is -1.52. The molecule has 6 nitrogen and oxygen atoms in total. The molecule has 1 fully saturated rings. The summed E-state index contributed by atoms with van der Waals surface area (Å²) in [6, 6.07) is 10.0. The van der Waals surface area contributed by atoms with Gasteiger partial charge in [0.25, 0.3) is 11.7 Å². The van der Waals surface area contributed by atoms with E-state index in [0.29, 0.717) is 17.7 Å². The van der Waals surface area contributed by atoms with Crippen LogP contribution < -0.4 is 0 Å². The Morgan fingerprint density at radius 3 is 2.54 bits per heavy atom. The SMILES string of the molecule is Cc1ccc(/C(O)=C2/C(=O)C(=O)N(CCOC(C)C)C2c2cccnc2)cc1. The van der Waals surface area contributed by atoms with Crippen LogP contribution in [0.3, 0.4) is 0 Å². The molecule has 28 heavy (non-hydrogen) atoms. The van der Waals surface area contributed by atoms with Crippen LogP contribution in [0.4, 0.5) is 0 Å². The normalized spacial score (nSPS) is 18.9. The van der Waals surface area contributed by atoms with Gasteiger partial charge in [0.15, 0.2) is 0 Å². The molecule has 1 aliphatic rings. The molecule has 0 aliphatic carbocycles. The van der Waals surface area contributed by atoms with Crippen molar-refractivity contribution in [2.75, 3.05) is 13.2 Å². The van der Waals surface area contributed by atoms with E-state index in [1.54, 1.807) is 36.7 Å². The van der Waals surface area contributed by atoms with E-state index < -0.39 is 17.7 Å². The quantitative estimate of drug-likeness (QED) is 0.473. The Morgan fingerprint density at radius 1 is 1.21 bits per heavy atom. The second-order valence-corrected chi connectivity index (χ2v) is 7.06. The number of carbonyl (C=O) groups excluding carboxylic acids is 2. The molecule has 2 heterocycles. The van der Waals surface area contributed by atoms with Crippen molar-refractivity contribution < 1.29 is 19.4 Å². The third kappa shape index (κ3) is 3.97. The molecular weight excluding hydrogens is 356 g/mol. The van der Waals surface area contributed by atoms with E-state index >= 15 is 0 Å². The molecule has 1 saturated heterocycles. The number of aryl methyl sites for hydroxylation is 1. The molecule has 0 bridgehead atoms. The van der Waals surface area contributed by atoms with E-state index in [4.69, 9.17) is 4.74 Å². The standard InChI is InChI=1S/C22H24N2O4/c1-14(2)28-12-11-24-19(17-5-4-10-23-13-17)18(21(26)22(24)27)20(25)16-8-6-15(3)7-9-16/h4-10,13-14,19,25H,11-12H2,1-3H3/b20-18-. The van der Waals surface area contributed by atoms with Gasteiger partial charge in [-0.05, 0) is 32.4 Å². The number of aliphatic hydroxyl groups is 1. The van der Waals surface area contributed by atoms with Gasteiger partial charge in [0, 0.05) is 24.5 Å². The number of hydrogen-bond donors (Lipinski definition) is 1. The van der Waals surface area contributed by atoms with Crippen molar-refractivity contribution in [3.8, 4) is 0 Å². The maximum absolute atomic E-state index is 12.8. The van der Waals surface area contributed by atoms with E-state index in [9.17, 15) is 14.7 Å². The minimum absolute atomic E-state index is 0.0150. The summed E-state index contributed by atoms with van der Waals surface area (Å²) in [6.07, 6.45) is 3.24. The zero-order valence-electron chi connectivity index (χ0n) is 16.3. The van der Waals surface area contributed by atoms with E-state index in [1.807, 2.05) is 32.9 Å². The lowest BCUT2D eigenvalue weighted by Crippen LogP contribution is -2.33. The number of rotatable bonds is 6. The summed E-state index contributed by atoms with van der Waals surface area (Å²) in [5, 5.41) is 10.9. The zero-order chi connectivity index (χ0) is 20.3. The van der Waals surface area contributed by atoms with Gasteiger partial charge in [-0.2, -0.15) is 0 Å². The van der Waals surface area contributed by atoms with Crippen LogP contribution in [0.25, 0.3) is 5.76 Å². The maximum atomic E-state index is 12.8. The highest BCUT2D eigenvalue weighted by molar-refractivity contribution is 6.46. The van der Waals surface area contributed by atoms with Gasteiger partial charge >= 0.3 is 0 Å². The average molecular weight is 380 g/mol. The van der Waals surface area contributed by atoms with Crippen molar-refractivity contribution >= 4 is 17.4 Å². The van der Waals surface area contributed by atoms with Gasteiger partial charge in [-0.25, -0.2) is 0 Å². The topological polar surface area (TPSA) is 79.7 Å². The van der Waals surface area contributed by atoms with Crippen molar-refractivity contribution in [1.29, 1.82) is 0 Å². The lowest BCUT2D eigenvalue weighted by molar-refractivity contribution is -0.140. The van der Waals surface area contributed by atoms with E-state index in [0.717, 1.165) is 5.56 Å². The van der Waals surface area contributed by atoms with Gasteiger partial charge in [0.05, 0.1) is 24.3 Å². The number of ether oxygens (including phenoxy) is 1. The molecule has 0 radical (unpaired) electrons. The molecule has 1 amide bonds. The lowest BCUT2D eigenvalue weighted by atomic mass is 9.96. The molecule has 1 aliphatic heterocycles. The third-order valence-corrected chi connectivity index (χ3v) is 4.65. The Kier molecular flexibility index (Phi) is 5.90. The fourth-order valence-electron chi connectivity index (χ4n) is 3.25. The summed E-state index contributed by atoms with van der Waals surface area (Å²) in [7, 11) is 0. The average Bonchev–Trinajstić information content (AvgIpc) is 2.93. The first-order valence-corrected chi connectivity index (χ1v) is 9.27. The minimum Gasteiger partial charge on any atom is -0.507 e. The molecule has 1 aromatic heterocycles. The van der Waals surface area contributed by atoms with E-state index in [2.05, 4.69) is 4.98 Å². The Morgan fingerprint density at radius 2 is 1.93 bits per heavy atom. The summed E-state index contributed by atoms with van der Waals surface area (Å²) in [5.41, 5.74) is 2.27. The number of aliphatic hydroxyl groups excluding tert-OH is 1. The van der Waals surface area contributed by atoms with Gasteiger partial charge in [-0.3, -0.25) is 14.6 Å². The number of nitrogens with zero attached hydrogens (tertiary/aromatic N) is 2. The molecule has 1 unspecified atom stereocenters. The van der Waals surface area contributed by atoms with Crippen molar-refractivity contribution in [2.45, 2.75) is 32.9 Å². The lowest BCUT2D eigenvalue weighted by Gasteiger charge is -2.25. The fraction of sp³-hybridized carbons (Fsp3) is 0.318. The second kappa shape index (κ2) is 8.35. The fourth-order valence-corrected chi connectivity index (χ4v) is 3.25. The molecular formula is C22H24N2O4. The smallest absolute Gasteiger partial charge is 0.295 e. The van der Waals surface area contributed by atoms with Crippen LogP contribution in [0.5, 0.6) is 0 Å². The number of carbonyl (C=O) groups is 2. The number of pyridine rings is 1. The summed E-state index contributed by atoms with van der Waals surface area (Å²) in [6.45, 7) is 6.29. The highest BCUT2D eigenvalue weighted by Crippen LogP contribution is 2.38. The number of benzene rings is 1. The number of amides is 1. The second-order valence-electron chi connectivity index (χ2n) is 7.06. The van der Waals surface area contributed by atoms with Crippen molar-refractivity contribution in [3.05, 3.63) is 71.1 Å². The Bertz CT molecular complexity index is 889. The first kappa shape index (κ1) is 19.8. The van der Waals surface area contributed by atoms with Crippen LogP contribution in [0.2, 0.25) is 0 Å². The van der Waals surface area contributed by atoms with Crippen molar-refractivity contribution in [3.63, 3.8) is 0 Å². The molecule has 1 aromatic carbocycles. The Labute approximate surface area is 164 Å². The number of hydrogen-bond acceptors (Lipinski definition) is 5. The molecule has 1 N–H and O–H groups in total. The number of ketones is 1. The summed E-state index contributed by atoms with van der Waals surface area (Å²) >= 11 is 0. The molecule has 6 heteroatoms. The van der Waals surface area contributed by atoms with E-state index in [-0.39, 0.29) is 24.0 Å². The van der Waals surface area contributed by atoms with E-state index in [1.165, 1.54) is 4.90 Å². The minimum atomic E-state index is -0.703. The molecule has 3 rings (SSSR count). The molecule has 146 valence electrons. The molecule has 1 atom stereocenters. The predicted molar refractivity (Wildman–Crippen MR) is 106 cm³/mol. The highest BCUT2D eigenvalue weighted by Gasteiger charge is 2.46. The van der Waals surface area contributed by atoms with Gasteiger partial charge < -0.3 is 14.7 Å². The van der Waals surface area contributed by atoms with Crippen LogP contribution in [0.15, 0.2) is 54.4 Å². The van der Waals surface area contributed by atoms with Gasteiger partial charge in [-0.1, -0.05) is 35.9 Å². The summed E-state index contributed by atoms with van der Waals surface area (Å²) in [4.78, 5) is 31.1. The van der Waals surface area contributed by atoms with Crippen LogP contribution >= 0.6 is 0 Å². The monoisotopic (exact) mass is 380 g/mol. The summed E-state index contributed by atoms with van der Waals surface area (Å²) < 4.78 is 5.57. The Hall–Kier alpha value is -2.99.